The zero-order valence-electron chi connectivity index (χ0n) is 8.58. The minimum Gasteiger partial charge on any atom is -0.314 e. The van der Waals surface area contributed by atoms with Gasteiger partial charge in [0.1, 0.15) is 0 Å². The summed E-state index contributed by atoms with van der Waals surface area (Å²) in [6.45, 7) is 1.98. The van der Waals surface area contributed by atoms with E-state index in [-0.39, 0.29) is 5.91 Å². The van der Waals surface area contributed by atoms with Crippen LogP contribution in [0.1, 0.15) is 24.2 Å². The van der Waals surface area contributed by atoms with Gasteiger partial charge in [-0.3, -0.25) is 9.78 Å². The number of carbonyl (C=O) groups is 1. The summed E-state index contributed by atoms with van der Waals surface area (Å²) in [5.41, 5.74) is 3.04. The molecule has 14 heavy (non-hydrogen) atoms. The van der Waals surface area contributed by atoms with Crippen LogP contribution < -0.4 is 4.90 Å². The Hall–Kier alpha value is -1.38. The van der Waals surface area contributed by atoms with Crippen LogP contribution in [-0.4, -0.2) is 17.9 Å². The highest BCUT2D eigenvalue weighted by atomic mass is 16.2. The van der Waals surface area contributed by atoms with Crippen molar-refractivity contribution >= 4 is 11.6 Å². The monoisotopic (exact) mass is 190 g/mol. The van der Waals surface area contributed by atoms with Gasteiger partial charge >= 0.3 is 0 Å². The minimum absolute atomic E-state index is 0.189. The van der Waals surface area contributed by atoms with Gasteiger partial charge in [-0.15, -0.1) is 0 Å². The van der Waals surface area contributed by atoms with Gasteiger partial charge in [0.15, 0.2) is 0 Å². The van der Waals surface area contributed by atoms with Crippen molar-refractivity contribution in [1.29, 1.82) is 0 Å². The summed E-state index contributed by atoms with van der Waals surface area (Å²) in [7, 11) is 1.82. The highest BCUT2D eigenvalue weighted by Crippen LogP contribution is 2.24. The van der Waals surface area contributed by atoms with Crippen LogP contribution in [0.25, 0.3) is 0 Å². The number of amides is 1. The molecule has 1 amide bonds. The summed E-state index contributed by atoms with van der Waals surface area (Å²) < 4.78 is 0. The molecule has 0 radical (unpaired) electrons. The lowest BCUT2D eigenvalue weighted by Gasteiger charge is -2.16. The number of pyridine rings is 1. The summed E-state index contributed by atoms with van der Waals surface area (Å²) >= 11 is 0. The standard InChI is InChI=1S/C11H14N2O/c1-8-6-7-10-9(12-8)4-3-5-11(14)13(10)2/h6-7H,3-5H2,1-2H3. The Bertz CT molecular complexity index is 374. The summed E-state index contributed by atoms with van der Waals surface area (Å²) in [5.74, 6) is 0.189. The first-order chi connectivity index (χ1) is 6.68. The molecule has 1 aromatic rings. The fourth-order valence-electron chi connectivity index (χ4n) is 1.80. The highest BCUT2D eigenvalue weighted by Gasteiger charge is 2.19. The van der Waals surface area contributed by atoms with E-state index in [1.54, 1.807) is 4.90 Å². The van der Waals surface area contributed by atoms with Crippen molar-refractivity contribution in [2.45, 2.75) is 26.2 Å². The number of aryl methyl sites for hydroxylation is 2. The fraction of sp³-hybridized carbons (Fsp3) is 0.455. The lowest BCUT2D eigenvalue weighted by atomic mass is 10.2. The van der Waals surface area contributed by atoms with Crippen LogP contribution in [0, 0.1) is 6.92 Å². The van der Waals surface area contributed by atoms with Crippen molar-refractivity contribution in [3.05, 3.63) is 23.5 Å². The zero-order chi connectivity index (χ0) is 10.1. The molecule has 74 valence electrons. The number of hydrogen-bond donors (Lipinski definition) is 0. The summed E-state index contributed by atoms with van der Waals surface area (Å²) in [4.78, 5) is 17.7. The smallest absolute Gasteiger partial charge is 0.226 e. The number of hydrogen-bond acceptors (Lipinski definition) is 2. The van der Waals surface area contributed by atoms with E-state index in [0.717, 1.165) is 29.9 Å². The molecule has 0 aromatic carbocycles. The van der Waals surface area contributed by atoms with Crippen LogP contribution in [0.4, 0.5) is 5.69 Å². The second kappa shape index (κ2) is 3.40. The third kappa shape index (κ3) is 1.50. The third-order valence-corrected chi connectivity index (χ3v) is 2.63. The number of nitrogens with zero attached hydrogens (tertiary/aromatic N) is 2. The van der Waals surface area contributed by atoms with E-state index in [2.05, 4.69) is 4.98 Å². The van der Waals surface area contributed by atoms with E-state index in [9.17, 15) is 4.79 Å². The van der Waals surface area contributed by atoms with Crippen LogP contribution in [-0.2, 0) is 11.2 Å². The predicted molar refractivity (Wildman–Crippen MR) is 55.3 cm³/mol. The van der Waals surface area contributed by atoms with Crippen LogP contribution in [0.3, 0.4) is 0 Å². The van der Waals surface area contributed by atoms with E-state index < -0.39 is 0 Å². The quantitative estimate of drug-likeness (QED) is 0.623. The Morgan fingerprint density at radius 3 is 2.93 bits per heavy atom. The first-order valence-corrected chi connectivity index (χ1v) is 4.91. The van der Waals surface area contributed by atoms with Crippen molar-refractivity contribution in [3.63, 3.8) is 0 Å². The van der Waals surface area contributed by atoms with Crippen molar-refractivity contribution in [3.8, 4) is 0 Å². The van der Waals surface area contributed by atoms with Crippen LogP contribution in [0.5, 0.6) is 0 Å². The number of rotatable bonds is 0. The lowest BCUT2D eigenvalue weighted by Crippen LogP contribution is -2.25. The first-order valence-electron chi connectivity index (χ1n) is 4.91. The van der Waals surface area contributed by atoms with Gasteiger partial charge in [0.25, 0.3) is 0 Å². The molecule has 0 bridgehead atoms. The Labute approximate surface area is 83.8 Å². The molecule has 3 nitrogen and oxygen atoms in total. The molecule has 1 aliphatic rings. The maximum atomic E-state index is 11.6. The fourth-order valence-corrected chi connectivity index (χ4v) is 1.80. The van der Waals surface area contributed by atoms with Gasteiger partial charge in [-0.05, 0) is 31.9 Å². The molecule has 0 N–H and O–H groups in total. The molecule has 0 saturated heterocycles. The Morgan fingerprint density at radius 2 is 2.14 bits per heavy atom. The van der Waals surface area contributed by atoms with Gasteiger partial charge < -0.3 is 4.90 Å². The van der Waals surface area contributed by atoms with Crippen molar-refractivity contribution in [2.75, 3.05) is 11.9 Å². The topological polar surface area (TPSA) is 33.2 Å². The van der Waals surface area contributed by atoms with Gasteiger partial charge in [-0.2, -0.15) is 0 Å². The SMILES string of the molecule is Cc1ccc2c(n1)CCCC(=O)N2C. The molecule has 0 spiro atoms. The van der Waals surface area contributed by atoms with Crippen molar-refractivity contribution in [1.82, 2.24) is 4.98 Å². The summed E-state index contributed by atoms with van der Waals surface area (Å²) in [6.07, 6.45) is 2.45. The van der Waals surface area contributed by atoms with Gasteiger partial charge in [-0.1, -0.05) is 0 Å². The number of anilines is 1. The van der Waals surface area contributed by atoms with Crippen molar-refractivity contribution in [2.24, 2.45) is 0 Å². The first kappa shape index (κ1) is 9.19. The molecule has 0 saturated carbocycles. The van der Waals surface area contributed by atoms with E-state index >= 15 is 0 Å². The predicted octanol–water partition coefficient (Wildman–Crippen LogP) is 1.69. The number of aromatic nitrogens is 1. The number of fused-ring (bicyclic) bond motifs is 1. The van der Waals surface area contributed by atoms with E-state index in [0.29, 0.717) is 6.42 Å². The Morgan fingerprint density at radius 1 is 1.36 bits per heavy atom. The number of carbonyl (C=O) groups excluding carboxylic acids is 1. The zero-order valence-corrected chi connectivity index (χ0v) is 8.58. The Kier molecular flexibility index (Phi) is 2.23. The second-order valence-corrected chi connectivity index (χ2v) is 3.72. The second-order valence-electron chi connectivity index (χ2n) is 3.72. The van der Waals surface area contributed by atoms with Gasteiger partial charge in [0.05, 0.1) is 11.4 Å². The Balaban J connectivity index is 2.48. The summed E-state index contributed by atoms with van der Waals surface area (Å²) in [5, 5.41) is 0. The molecular formula is C11H14N2O. The third-order valence-electron chi connectivity index (χ3n) is 2.63. The average Bonchev–Trinajstić information content (AvgIpc) is 2.28. The van der Waals surface area contributed by atoms with Crippen LogP contribution >= 0.6 is 0 Å². The molecule has 0 aliphatic carbocycles. The molecule has 1 aromatic heterocycles. The maximum absolute atomic E-state index is 11.6. The molecule has 3 heteroatoms. The molecule has 2 heterocycles. The summed E-state index contributed by atoms with van der Waals surface area (Å²) in [6, 6.07) is 3.94. The van der Waals surface area contributed by atoms with Gasteiger partial charge in [0.2, 0.25) is 5.91 Å². The molecule has 0 atom stereocenters. The van der Waals surface area contributed by atoms with E-state index in [1.807, 2.05) is 26.1 Å². The van der Waals surface area contributed by atoms with E-state index in [4.69, 9.17) is 0 Å². The van der Waals surface area contributed by atoms with Gasteiger partial charge in [0, 0.05) is 19.2 Å². The molecule has 0 unspecified atom stereocenters. The maximum Gasteiger partial charge on any atom is 0.226 e. The molecule has 2 rings (SSSR count). The van der Waals surface area contributed by atoms with Crippen LogP contribution in [0.15, 0.2) is 12.1 Å². The molecular weight excluding hydrogens is 176 g/mol. The lowest BCUT2D eigenvalue weighted by molar-refractivity contribution is -0.118. The largest absolute Gasteiger partial charge is 0.314 e. The normalized spacial score (nSPS) is 16.4. The van der Waals surface area contributed by atoms with Gasteiger partial charge in [-0.25, -0.2) is 0 Å². The minimum atomic E-state index is 0.189. The molecule has 1 aliphatic heterocycles. The highest BCUT2D eigenvalue weighted by molar-refractivity contribution is 5.93. The average molecular weight is 190 g/mol. The van der Waals surface area contributed by atoms with Crippen LogP contribution in [0.2, 0.25) is 0 Å². The van der Waals surface area contributed by atoms with E-state index in [1.165, 1.54) is 0 Å². The molecule has 0 fully saturated rings. The van der Waals surface area contributed by atoms with Crippen molar-refractivity contribution < 1.29 is 4.79 Å².